The van der Waals surface area contributed by atoms with Gasteiger partial charge in [-0.1, -0.05) is 6.92 Å². The van der Waals surface area contributed by atoms with Crippen LogP contribution in [0.1, 0.15) is 53.9 Å². The van der Waals surface area contributed by atoms with Crippen molar-refractivity contribution in [2.24, 2.45) is 5.92 Å². The van der Waals surface area contributed by atoms with Gasteiger partial charge in [0, 0.05) is 11.4 Å². The number of anilines is 1. The Morgan fingerprint density at radius 3 is 2.75 bits per heavy atom. The largest absolute Gasteiger partial charge is 0.462 e. The van der Waals surface area contributed by atoms with E-state index in [2.05, 4.69) is 17.1 Å². The van der Waals surface area contributed by atoms with Gasteiger partial charge in [-0.2, -0.15) is 0 Å². The Labute approximate surface area is 147 Å². The normalized spacial score (nSPS) is 16.3. The highest BCUT2D eigenvalue weighted by atomic mass is 32.1. The Balaban J connectivity index is 1.69. The van der Waals surface area contributed by atoms with Gasteiger partial charge in [-0.15, -0.1) is 11.3 Å². The van der Waals surface area contributed by atoms with E-state index in [9.17, 15) is 9.59 Å². The van der Waals surface area contributed by atoms with Crippen molar-refractivity contribution in [3.63, 3.8) is 0 Å². The topological polar surface area (TPSA) is 58.6 Å². The Morgan fingerprint density at radius 1 is 1.29 bits per heavy atom. The van der Waals surface area contributed by atoms with E-state index in [1.54, 1.807) is 18.3 Å². The zero-order chi connectivity index (χ0) is 17.1. The molecule has 0 saturated heterocycles. The molecule has 0 unspecified atom stereocenters. The highest BCUT2D eigenvalue weighted by Crippen LogP contribution is 2.39. The molecule has 1 N–H and O–H groups in total. The Hall–Kier alpha value is -1.40. The molecule has 0 atom stereocenters. The molecule has 0 aromatic carbocycles. The molecule has 1 heterocycles. The van der Waals surface area contributed by atoms with Crippen molar-refractivity contribution in [2.45, 2.75) is 46.0 Å². The van der Waals surface area contributed by atoms with Gasteiger partial charge >= 0.3 is 5.97 Å². The predicted molar refractivity (Wildman–Crippen MR) is 95.8 cm³/mol. The third kappa shape index (κ3) is 3.98. The monoisotopic (exact) mass is 350 g/mol. The molecule has 3 rings (SSSR count). The number of ether oxygens (including phenoxy) is 1. The number of amides is 1. The number of carbonyl (C=O) groups is 2. The fraction of sp³-hybridized carbons (Fsp3) is 0.667. The minimum absolute atomic E-state index is 0.0389. The maximum absolute atomic E-state index is 12.4. The van der Waals surface area contributed by atoms with Crippen LogP contribution in [0.4, 0.5) is 5.00 Å². The summed E-state index contributed by atoms with van der Waals surface area (Å²) in [5.74, 6) is 0.416. The Bertz CT molecular complexity index is 622. The van der Waals surface area contributed by atoms with Crippen molar-refractivity contribution in [2.75, 3.05) is 31.6 Å². The summed E-state index contributed by atoms with van der Waals surface area (Å²) in [6.45, 7) is 6.49. The van der Waals surface area contributed by atoms with E-state index in [0.717, 1.165) is 43.8 Å². The Morgan fingerprint density at radius 2 is 2.08 bits per heavy atom. The number of aryl methyl sites for hydroxylation is 1. The Kier molecular flexibility index (Phi) is 5.56. The van der Waals surface area contributed by atoms with Crippen LogP contribution in [0, 0.1) is 5.92 Å². The van der Waals surface area contributed by atoms with Crippen LogP contribution in [0.3, 0.4) is 0 Å². The standard InChI is InChI=1S/C18H26N2O3S/c1-3-20(10-12-8-9-12)11-15(21)19-17-16(18(22)23-4-2)13-6-5-7-14(13)24-17/h12H,3-11H2,1-2H3,(H,19,21). The second kappa shape index (κ2) is 7.66. The molecular formula is C18H26N2O3S. The lowest BCUT2D eigenvalue weighted by Crippen LogP contribution is -2.34. The molecule has 1 amide bonds. The van der Waals surface area contributed by atoms with Crippen molar-refractivity contribution >= 4 is 28.2 Å². The van der Waals surface area contributed by atoms with Gasteiger partial charge in [0.1, 0.15) is 5.00 Å². The van der Waals surface area contributed by atoms with Crippen LogP contribution >= 0.6 is 11.3 Å². The molecule has 0 spiro atoms. The molecular weight excluding hydrogens is 324 g/mol. The van der Waals surface area contributed by atoms with E-state index >= 15 is 0 Å². The number of hydrogen-bond donors (Lipinski definition) is 1. The van der Waals surface area contributed by atoms with E-state index in [-0.39, 0.29) is 11.9 Å². The lowest BCUT2D eigenvalue weighted by Gasteiger charge is -2.19. The minimum atomic E-state index is -0.308. The van der Waals surface area contributed by atoms with Gasteiger partial charge in [0.2, 0.25) is 5.91 Å². The van der Waals surface area contributed by atoms with Crippen molar-refractivity contribution in [1.29, 1.82) is 0 Å². The van der Waals surface area contributed by atoms with Crippen LogP contribution in [-0.4, -0.2) is 43.0 Å². The van der Waals surface area contributed by atoms with Crippen LogP contribution < -0.4 is 5.32 Å². The number of fused-ring (bicyclic) bond motifs is 1. The van der Waals surface area contributed by atoms with Crippen molar-refractivity contribution < 1.29 is 14.3 Å². The van der Waals surface area contributed by atoms with Gasteiger partial charge in [-0.05, 0) is 57.1 Å². The number of hydrogen-bond acceptors (Lipinski definition) is 5. The molecule has 0 radical (unpaired) electrons. The van der Waals surface area contributed by atoms with Crippen molar-refractivity contribution in [3.05, 3.63) is 16.0 Å². The number of thiophene rings is 1. The third-order valence-electron chi connectivity index (χ3n) is 4.68. The first-order valence-electron chi connectivity index (χ1n) is 8.96. The highest BCUT2D eigenvalue weighted by molar-refractivity contribution is 7.17. The highest BCUT2D eigenvalue weighted by Gasteiger charge is 2.29. The number of esters is 1. The summed E-state index contributed by atoms with van der Waals surface area (Å²) in [5.41, 5.74) is 1.67. The molecule has 1 aromatic rings. The van der Waals surface area contributed by atoms with E-state index in [4.69, 9.17) is 4.74 Å². The smallest absolute Gasteiger partial charge is 0.341 e. The van der Waals surface area contributed by atoms with Gasteiger partial charge in [0.15, 0.2) is 0 Å². The van der Waals surface area contributed by atoms with E-state index < -0.39 is 0 Å². The summed E-state index contributed by atoms with van der Waals surface area (Å²) in [4.78, 5) is 28.2. The van der Waals surface area contributed by atoms with Gasteiger partial charge in [0.05, 0.1) is 18.7 Å². The lowest BCUT2D eigenvalue weighted by molar-refractivity contribution is -0.117. The average Bonchev–Trinajstić information content (AvgIpc) is 3.13. The molecule has 132 valence electrons. The van der Waals surface area contributed by atoms with Gasteiger partial charge < -0.3 is 10.1 Å². The summed E-state index contributed by atoms with van der Waals surface area (Å²) >= 11 is 1.54. The van der Waals surface area contributed by atoms with Crippen LogP contribution in [0.5, 0.6) is 0 Å². The van der Waals surface area contributed by atoms with Crippen LogP contribution in [0.15, 0.2) is 0 Å². The summed E-state index contributed by atoms with van der Waals surface area (Å²) in [6.07, 6.45) is 5.53. The predicted octanol–water partition coefficient (Wildman–Crippen LogP) is 3.08. The van der Waals surface area contributed by atoms with Gasteiger partial charge in [0.25, 0.3) is 0 Å². The molecule has 5 nitrogen and oxygen atoms in total. The fourth-order valence-corrected chi connectivity index (χ4v) is 4.55. The fourth-order valence-electron chi connectivity index (χ4n) is 3.25. The SMILES string of the molecule is CCOC(=O)c1c(NC(=O)CN(CC)CC2CC2)sc2c1CCC2. The first kappa shape index (κ1) is 17.4. The number of nitrogens with zero attached hydrogens (tertiary/aromatic N) is 1. The zero-order valence-corrected chi connectivity index (χ0v) is 15.3. The van der Waals surface area contributed by atoms with Gasteiger partial charge in [-0.25, -0.2) is 4.79 Å². The maximum atomic E-state index is 12.4. The molecule has 1 aromatic heterocycles. The minimum Gasteiger partial charge on any atom is -0.462 e. The average molecular weight is 350 g/mol. The summed E-state index contributed by atoms with van der Waals surface area (Å²) in [6, 6.07) is 0. The molecule has 0 aliphatic heterocycles. The molecule has 2 aliphatic rings. The van der Waals surface area contributed by atoms with Crippen LogP contribution in [0.25, 0.3) is 0 Å². The lowest BCUT2D eigenvalue weighted by atomic mass is 10.1. The molecule has 1 saturated carbocycles. The molecule has 1 fully saturated rings. The number of nitrogens with one attached hydrogen (secondary N) is 1. The van der Waals surface area contributed by atoms with Crippen molar-refractivity contribution in [1.82, 2.24) is 4.90 Å². The van der Waals surface area contributed by atoms with Gasteiger partial charge in [-0.3, -0.25) is 9.69 Å². The number of carbonyl (C=O) groups excluding carboxylic acids is 2. The van der Waals surface area contributed by atoms with E-state index in [1.807, 2.05) is 0 Å². The van der Waals surface area contributed by atoms with E-state index in [0.29, 0.717) is 23.7 Å². The maximum Gasteiger partial charge on any atom is 0.341 e. The quantitative estimate of drug-likeness (QED) is 0.732. The first-order chi connectivity index (χ1) is 11.6. The van der Waals surface area contributed by atoms with E-state index in [1.165, 1.54) is 17.7 Å². The van der Waals surface area contributed by atoms with Crippen LogP contribution in [-0.2, 0) is 22.4 Å². The summed E-state index contributed by atoms with van der Waals surface area (Å²) in [7, 11) is 0. The number of likely N-dealkylation sites (N-methyl/N-ethyl adjacent to an activating group) is 1. The molecule has 6 heteroatoms. The molecule has 0 bridgehead atoms. The molecule has 24 heavy (non-hydrogen) atoms. The molecule has 2 aliphatic carbocycles. The second-order valence-corrected chi connectivity index (χ2v) is 7.71. The summed E-state index contributed by atoms with van der Waals surface area (Å²) in [5, 5.41) is 3.65. The first-order valence-corrected chi connectivity index (χ1v) is 9.77. The summed E-state index contributed by atoms with van der Waals surface area (Å²) < 4.78 is 5.20. The van der Waals surface area contributed by atoms with Crippen molar-refractivity contribution in [3.8, 4) is 0 Å². The third-order valence-corrected chi connectivity index (χ3v) is 5.89. The zero-order valence-electron chi connectivity index (χ0n) is 14.5. The second-order valence-electron chi connectivity index (χ2n) is 6.60. The number of rotatable bonds is 8. The van der Waals surface area contributed by atoms with Crippen LogP contribution in [0.2, 0.25) is 0 Å².